The molecule has 0 saturated heterocycles. The summed E-state index contributed by atoms with van der Waals surface area (Å²) in [6.07, 6.45) is 5.36. The van der Waals surface area contributed by atoms with Crippen molar-refractivity contribution in [1.29, 1.82) is 0 Å². The van der Waals surface area contributed by atoms with Crippen LogP contribution in [-0.2, 0) is 13.3 Å². The molecule has 21 heavy (non-hydrogen) atoms. The van der Waals surface area contributed by atoms with Gasteiger partial charge in [-0.25, -0.2) is 0 Å². The minimum Gasteiger partial charge on any atom is -0.370 e. The van der Waals surface area contributed by atoms with E-state index >= 15 is 0 Å². The molecule has 0 unspecified atom stereocenters. The number of rotatable bonds is 12. The number of benzene rings is 1. The van der Waals surface area contributed by atoms with E-state index in [2.05, 4.69) is 32.9 Å². The summed E-state index contributed by atoms with van der Waals surface area (Å²) in [7, 11) is -2.76. The molecule has 0 amide bonds. The zero-order valence-electron chi connectivity index (χ0n) is 13.8. The predicted molar refractivity (Wildman–Crippen MR) is 89.8 cm³/mol. The zero-order valence-corrected chi connectivity index (χ0v) is 14.8. The molecule has 0 fully saturated rings. The van der Waals surface area contributed by atoms with Gasteiger partial charge in [-0.15, -0.1) is 0 Å². The Hall–Kier alpha value is -0.683. The first-order valence-corrected chi connectivity index (χ1v) is 9.99. The molecule has 1 aromatic rings. The largest absolute Gasteiger partial charge is 0.537 e. The van der Waals surface area contributed by atoms with Crippen LogP contribution in [0.15, 0.2) is 30.3 Å². The van der Waals surface area contributed by atoms with Crippen LogP contribution >= 0.6 is 0 Å². The number of hydrogen-bond acceptors (Lipinski definition) is 3. The summed E-state index contributed by atoms with van der Waals surface area (Å²) >= 11 is 0. The SMILES string of the molecule is CCCCCO[Si](OCCC)(OCCC)c1ccccc1. The lowest BCUT2D eigenvalue weighted by Gasteiger charge is -2.29. The highest BCUT2D eigenvalue weighted by molar-refractivity contribution is 6.75. The van der Waals surface area contributed by atoms with Gasteiger partial charge in [0.15, 0.2) is 0 Å². The highest BCUT2D eigenvalue weighted by Gasteiger charge is 2.43. The third-order valence-corrected chi connectivity index (χ3v) is 5.95. The van der Waals surface area contributed by atoms with Crippen molar-refractivity contribution >= 4 is 14.0 Å². The quantitative estimate of drug-likeness (QED) is 0.433. The molecule has 0 radical (unpaired) electrons. The Morgan fingerprint density at radius 3 is 1.81 bits per heavy atom. The summed E-state index contributed by atoms with van der Waals surface area (Å²) in [5, 5.41) is 1.07. The molecule has 1 rings (SSSR count). The molecule has 0 heterocycles. The van der Waals surface area contributed by atoms with Crippen LogP contribution in [0.25, 0.3) is 0 Å². The molecule has 0 atom stereocenters. The second-order valence-electron chi connectivity index (χ2n) is 5.17. The molecular weight excluding hydrogens is 280 g/mol. The molecule has 0 aliphatic heterocycles. The van der Waals surface area contributed by atoms with Gasteiger partial charge in [-0.3, -0.25) is 0 Å². The molecule has 0 aromatic heterocycles. The average Bonchev–Trinajstić information content (AvgIpc) is 2.54. The van der Waals surface area contributed by atoms with Crippen molar-refractivity contribution in [3.8, 4) is 0 Å². The zero-order chi connectivity index (χ0) is 15.4. The van der Waals surface area contributed by atoms with E-state index in [1.807, 2.05) is 18.2 Å². The summed E-state index contributed by atoms with van der Waals surface area (Å²) in [5.74, 6) is 0. The van der Waals surface area contributed by atoms with Crippen molar-refractivity contribution in [3.05, 3.63) is 30.3 Å². The molecule has 0 aliphatic carbocycles. The molecule has 0 saturated carbocycles. The minimum absolute atomic E-state index is 0.679. The van der Waals surface area contributed by atoms with Crippen LogP contribution in [0.1, 0.15) is 52.9 Å². The third kappa shape index (κ3) is 6.30. The van der Waals surface area contributed by atoms with E-state index < -0.39 is 8.80 Å². The summed E-state index contributed by atoms with van der Waals surface area (Å²) in [6, 6.07) is 10.2. The fraction of sp³-hybridized carbons (Fsp3) is 0.647. The van der Waals surface area contributed by atoms with Gasteiger partial charge in [-0.2, -0.15) is 0 Å². The van der Waals surface area contributed by atoms with Gasteiger partial charge in [0, 0.05) is 25.0 Å². The van der Waals surface area contributed by atoms with Crippen LogP contribution in [0.5, 0.6) is 0 Å². The van der Waals surface area contributed by atoms with Crippen LogP contribution < -0.4 is 5.19 Å². The first-order chi connectivity index (χ1) is 10.3. The lowest BCUT2D eigenvalue weighted by atomic mass is 10.3. The van der Waals surface area contributed by atoms with Crippen molar-refractivity contribution in [2.75, 3.05) is 19.8 Å². The van der Waals surface area contributed by atoms with Crippen LogP contribution in [0.2, 0.25) is 0 Å². The Bertz CT molecular complexity index is 348. The van der Waals surface area contributed by atoms with E-state index in [0.717, 1.165) is 24.4 Å². The van der Waals surface area contributed by atoms with Gasteiger partial charge in [0.05, 0.1) is 0 Å². The summed E-state index contributed by atoms with van der Waals surface area (Å²) < 4.78 is 18.5. The van der Waals surface area contributed by atoms with Crippen molar-refractivity contribution < 1.29 is 13.3 Å². The van der Waals surface area contributed by atoms with Gasteiger partial charge >= 0.3 is 8.80 Å². The van der Waals surface area contributed by atoms with Crippen molar-refractivity contribution in [2.24, 2.45) is 0 Å². The van der Waals surface area contributed by atoms with Gasteiger partial charge in [0.2, 0.25) is 0 Å². The maximum absolute atomic E-state index is 6.22. The predicted octanol–water partition coefficient (Wildman–Crippen LogP) is 3.89. The average molecular weight is 311 g/mol. The van der Waals surface area contributed by atoms with Crippen LogP contribution in [0.3, 0.4) is 0 Å². The topological polar surface area (TPSA) is 27.7 Å². The molecular formula is C17H30O3Si. The molecule has 0 bridgehead atoms. The first kappa shape index (κ1) is 18.4. The third-order valence-electron chi connectivity index (χ3n) is 3.16. The summed E-state index contributed by atoms with van der Waals surface area (Å²) in [4.78, 5) is 0. The maximum atomic E-state index is 6.22. The fourth-order valence-corrected chi connectivity index (χ4v) is 4.76. The van der Waals surface area contributed by atoms with Gasteiger partial charge < -0.3 is 13.3 Å². The number of unbranched alkanes of at least 4 members (excludes halogenated alkanes) is 2. The monoisotopic (exact) mass is 310 g/mol. The normalized spacial score (nSPS) is 11.8. The van der Waals surface area contributed by atoms with Crippen molar-refractivity contribution in [2.45, 2.75) is 52.9 Å². The Morgan fingerprint density at radius 2 is 1.29 bits per heavy atom. The Morgan fingerprint density at radius 1 is 0.714 bits per heavy atom. The second kappa shape index (κ2) is 11.0. The van der Waals surface area contributed by atoms with Gasteiger partial charge in [-0.1, -0.05) is 63.9 Å². The first-order valence-electron chi connectivity index (χ1n) is 8.26. The van der Waals surface area contributed by atoms with Gasteiger partial charge in [0.1, 0.15) is 0 Å². The molecule has 0 spiro atoms. The van der Waals surface area contributed by atoms with Gasteiger partial charge in [0.25, 0.3) is 0 Å². The summed E-state index contributed by atoms with van der Waals surface area (Å²) in [5.41, 5.74) is 0. The Kier molecular flexibility index (Phi) is 9.59. The van der Waals surface area contributed by atoms with Crippen LogP contribution in [0.4, 0.5) is 0 Å². The molecule has 120 valence electrons. The van der Waals surface area contributed by atoms with Gasteiger partial charge in [-0.05, 0) is 19.3 Å². The second-order valence-corrected chi connectivity index (χ2v) is 7.73. The molecule has 3 nitrogen and oxygen atoms in total. The fourth-order valence-electron chi connectivity index (χ4n) is 2.05. The van der Waals surface area contributed by atoms with E-state index in [9.17, 15) is 0 Å². The van der Waals surface area contributed by atoms with E-state index in [-0.39, 0.29) is 0 Å². The van der Waals surface area contributed by atoms with Crippen LogP contribution in [0, 0.1) is 0 Å². The Balaban J connectivity index is 2.85. The van der Waals surface area contributed by atoms with Crippen molar-refractivity contribution in [3.63, 3.8) is 0 Å². The highest BCUT2D eigenvalue weighted by Crippen LogP contribution is 2.13. The van der Waals surface area contributed by atoms with E-state index in [0.29, 0.717) is 19.8 Å². The van der Waals surface area contributed by atoms with E-state index in [1.54, 1.807) is 0 Å². The maximum Gasteiger partial charge on any atom is 0.537 e. The Labute approximate surface area is 131 Å². The smallest absolute Gasteiger partial charge is 0.370 e. The standard InChI is InChI=1S/C17H30O3Si/c1-4-7-11-16-20-21(18-14-5-2,19-15-6-3)17-12-9-8-10-13-17/h8-10,12-13H,4-7,11,14-16H2,1-3H3. The van der Waals surface area contributed by atoms with E-state index in [1.165, 1.54) is 12.8 Å². The van der Waals surface area contributed by atoms with E-state index in [4.69, 9.17) is 13.3 Å². The minimum atomic E-state index is -2.76. The molecule has 4 heteroatoms. The van der Waals surface area contributed by atoms with Crippen LogP contribution in [-0.4, -0.2) is 28.6 Å². The molecule has 0 aliphatic rings. The molecule has 1 aromatic carbocycles. The van der Waals surface area contributed by atoms with Crippen molar-refractivity contribution in [1.82, 2.24) is 0 Å². The summed E-state index contributed by atoms with van der Waals surface area (Å²) in [6.45, 7) is 8.49. The number of hydrogen-bond donors (Lipinski definition) is 0. The highest BCUT2D eigenvalue weighted by atomic mass is 28.4. The lowest BCUT2D eigenvalue weighted by molar-refractivity contribution is 0.0718. The molecule has 0 N–H and O–H groups in total. The lowest BCUT2D eigenvalue weighted by Crippen LogP contribution is -2.57.